The van der Waals surface area contributed by atoms with Crippen molar-refractivity contribution in [3.8, 4) is 22.8 Å². The number of alkyl carbamates (subject to hydrolysis) is 2. The van der Waals surface area contributed by atoms with Crippen molar-refractivity contribution in [1.82, 2.24) is 40.1 Å². The molecule has 2 aliphatic heterocycles. The largest absolute Gasteiger partial charge is 0.444 e. The third-order valence-corrected chi connectivity index (χ3v) is 10.1. The topological polar surface area (TPSA) is 194 Å². The molecule has 2 N–H and O–H groups in total. The van der Waals surface area contributed by atoms with Crippen LogP contribution in [0.25, 0.3) is 33.9 Å². The summed E-state index contributed by atoms with van der Waals surface area (Å²) in [6, 6.07) is 9.67. The Balaban J connectivity index is 1.37. The zero-order chi connectivity index (χ0) is 51.9. The van der Waals surface area contributed by atoms with Crippen molar-refractivity contribution in [2.45, 2.75) is 125 Å². The van der Waals surface area contributed by atoms with E-state index in [0.717, 1.165) is 11.1 Å². The summed E-state index contributed by atoms with van der Waals surface area (Å²) < 4.78 is 55.9. The fraction of sp³-hybridized carbons (Fsp3) is 0.520. The summed E-state index contributed by atoms with van der Waals surface area (Å²) in [7, 11) is 3.79. The van der Waals surface area contributed by atoms with Gasteiger partial charge in [0.2, 0.25) is 11.9 Å². The van der Waals surface area contributed by atoms with Crippen molar-refractivity contribution >= 4 is 47.4 Å². The Morgan fingerprint density at radius 1 is 0.614 bits per heavy atom. The predicted molar refractivity (Wildman–Crippen MR) is 264 cm³/mol. The van der Waals surface area contributed by atoms with E-state index < -0.39 is 58.4 Å². The molecular weight excluding hydrogens is 907 g/mol. The fourth-order valence-electron chi connectivity index (χ4n) is 7.14. The van der Waals surface area contributed by atoms with Gasteiger partial charge in [0, 0.05) is 39.3 Å². The van der Waals surface area contributed by atoms with Crippen molar-refractivity contribution in [3.63, 3.8) is 0 Å². The SMILES string of the molecule is CN(C)CCn1c(-c2ccc(C3=CCN(C(=NC(=O)OC(C)(C)C)NC(=O)OC(C)(C)C)CC3)cc2F)nnc1-c1ccc(C2=CCN(C(=NC(=O)OC(C)(C)C)NC(=O)OC(C)(C)C)CC2)cc1F. The standard InChI is InChI=1S/C50H68F2N10O8/c1-47(2,3)67-43(63)53-41(54-44(64)68-48(4,5)6)60-23-19-31(20-24-60)33-15-17-35(37(51)29-33)39-57-58-40(62(39)28-27-59(13)14)36-18-16-34(30-38(36)52)32-21-25-61(26-22-32)42(55-45(65)69-49(7,8)9)56-46(66)70-50(10,11)12/h15-19,21,29-30H,20,22-28H2,1-14H3,(H,53,54,63,64)(H,55,56,65,66). The molecular formula is C50H68F2N10O8. The first-order valence-corrected chi connectivity index (χ1v) is 23.1. The molecule has 18 nitrogen and oxygen atoms in total. The summed E-state index contributed by atoms with van der Waals surface area (Å²) in [5.74, 6) is -0.735. The number of likely N-dealkylation sites (N-methyl/N-ethyl adjacent to an activating group) is 1. The number of aliphatic imine (C=N–C) groups is 2. The number of aromatic nitrogens is 3. The first-order valence-electron chi connectivity index (χ1n) is 23.1. The molecule has 3 aromatic rings. The van der Waals surface area contributed by atoms with Crippen molar-refractivity contribution < 1.29 is 46.9 Å². The molecule has 20 heteroatoms. The van der Waals surface area contributed by atoms with E-state index in [4.69, 9.17) is 18.9 Å². The molecule has 0 radical (unpaired) electrons. The Hall–Kier alpha value is -6.70. The van der Waals surface area contributed by atoms with Crippen LogP contribution in [0.15, 0.2) is 58.5 Å². The molecule has 0 fully saturated rings. The summed E-state index contributed by atoms with van der Waals surface area (Å²) in [5.41, 5.74) is 0.0569. The number of carbonyl (C=O) groups is 4. The van der Waals surface area contributed by atoms with E-state index in [1.54, 1.807) is 122 Å². The Labute approximate surface area is 409 Å². The number of benzene rings is 2. The van der Waals surface area contributed by atoms with Crippen LogP contribution in [-0.2, 0) is 25.5 Å². The summed E-state index contributed by atoms with van der Waals surface area (Å²) >= 11 is 0. The van der Waals surface area contributed by atoms with Crippen LogP contribution < -0.4 is 10.6 Å². The second-order valence-corrected chi connectivity index (χ2v) is 21.1. The van der Waals surface area contributed by atoms with Gasteiger partial charge in [0.15, 0.2) is 11.6 Å². The van der Waals surface area contributed by atoms with E-state index in [-0.39, 0.29) is 47.8 Å². The molecule has 0 aliphatic carbocycles. The molecule has 380 valence electrons. The third-order valence-electron chi connectivity index (χ3n) is 10.1. The van der Waals surface area contributed by atoms with Gasteiger partial charge in [0.05, 0.1) is 11.1 Å². The van der Waals surface area contributed by atoms with Gasteiger partial charge in [-0.3, -0.25) is 10.6 Å². The minimum Gasteiger partial charge on any atom is -0.444 e. The molecule has 2 aliphatic rings. The van der Waals surface area contributed by atoms with Gasteiger partial charge in [-0.2, -0.15) is 0 Å². The molecule has 3 heterocycles. The lowest BCUT2D eigenvalue weighted by atomic mass is 9.97. The number of halogens is 2. The number of ether oxygens (including phenoxy) is 4. The predicted octanol–water partition coefficient (Wildman–Crippen LogP) is 9.26. The normalized spacial score (nSPS) is 15.3. The number of nitrogens with one attached hydrogen (secondary N) is 2. The van der Waals surface area contributed by atoms with E-state index in [1.165, 1.54) is 12.1 Å². The van der Waals surface area contributed by atoms with Crippen molar-refractivity contribution in [2.24, 2.45) is 9.98 Å². The number of nitrogens with zero attached hydrogens (tertiary/aromatic N) is 8. The van der Waals surface area contributed by atoms with E-state index in [2.05, 4.69) is 30.8 Å². The van der Waals surface area contributed by atoms with Crippen LogP contribution in [-0.4, -0.2) is 135 Å². The lowest BCUT2D eigenvalue weighted by Crippen LogP contribution is -2.48. The molecule has 0 atom stereocenters. The molecule has 0 bridgehead atoms. The highest BCUT2D eigenvalue weighted by molar-refractivity contribution is 6.00. The monoisotopic (exact) mass is 975 g/mol. The van der Waals surface area contributed by atoms with E-state index in [9.17, 15) is 19.2 Å². The molecule has 5 rings (SSSR count). The van der Waals surface area contributed by atoms with Gasteiger partial charge in [0.25, 0.3) is 0 Å². The highest BCUT2D eigenvalue weighted by Crippen LogP contribution is 2.33. The number of guanidine groups is 2. The molecule has 1 aromatic heterocycles. The number of hydrogen-bond acceptors (Lipinski definition) is 11. The quantitative estimate of drug-likeness (QED) is 0.129. The maximum atomic E-state index is 16.3. The minimum absolute atomic E-state index is 0.0365. The van der Waals surface area contributed by atoms with E-state index >= 15 is 8.78 Å². The van der Waals surface area contributed by atoms with Gasteiger partial charge < -0.3 is 38.2 Å². The smallest absolute Gasteiger partial charge is 0.437 e. The zero-order valence-electron chi connectivity index (χ0n) is 42.9. The second kappa shape index (κ2) is 21.9. The molecule has 0 saturated carbocycles. The zero-order valence-corrected chi connectivity index (χ0v) is 42.9. The van der Waals surface area contributed by atoms with Gasteiger partial charge in [-0.1, -0.05) is 24.3 Å². The molecule has 0 saturated heterocycles. The van der Waals surface area contributed by atoms with Crippen molar-refractivity contribution in [3.05, 3.63) is 71.3 Å². The van der Waals surface area contributed by atoms with Crippen molar-refractivity contribution in [2.75, 3.05) is 46.8 Å². The van der Waals surface area contributed by atoms with E-state index in [0.29, 0.717) is 50.1 Å². The van der Waals surface area contributed by atoms with Crippen LogP contribution in [0.5, 0.6) is 0 Å². The maximum Gasteiger partial charge on any atom is 0.437 e. The maximum absolute atomic E-state index is 16.3. The number of carbonyl (C=O) groups excluding carboxylic acids is 4. The summed E-state index contributed by atoms with van der Waals surface area (Å²) in [5, 5.41) is 13.9. The number of rotatable bonds is 7. The van der Waals surface area contributed by atoms with Gasteiger partial charge in [-0.05, 0) is 157 Å². The first kappa shape index (κ1) is 54.2. The first-order chi connectivity index (χ1) is 32.4. The van der Waals surface area contributed by atoms with Gasteiger partial charge in [0.1, 0.15) is 34.0 Å². The van der Waals surface area contributed by atoms with E-state index in [1.807, 2.05) is 31.1 Å². The highest BCUT2D eigenvalue weighted by atomic mass is 19.1. The highest BCUT2D eigenvalue weighted by Gasteiger charge is 2.28. The Bertz CT molecular complexity index is 2390. The Kier molecular flexibility index (Phi) is 17.0. The van der Waals surface area contributed by atoms with Crippen molar-refractivity contribution in [1.29, 1.82) is 0 Å². The molecule has 2 aromatic carbocycles. The lowest BCUT2D eigenvalue weighted by molar-refractivity contribution is 0.0536. The molecule has 0 unspecified atom stereocenters. The lowest BCUT2D eigenvalue weighted by Gasteiger charge is -2.30. The molecule has 0 spiro atoms. The number of amides is 4. The van der Waals surface area contributed by atoms with Gasteiger partial charge in [-0.25, -0.2) is 28.0 Å². The summed E-state index contributed by atoms with van der Waals surface area (Å²) in [4.78, 5) is 64.3. The van der Waals surface area contributed by atoms with Crippen LogP contribution in [0.1, 0.15) is 107 Å². The van der Waals surface area contributed by atoms with Crippen LogP contribution in [0.2, 0.25) is 0 Å². The van der Waals surface area contributed by atoms with Crippen LogP contribution in [0.3, 0.4) is 0 Å². The summed E-state index contributed by atoms with van der Waals surface area (Å²) in [6.07, 6.45) is 1.24. The second-order valence-electron chi connectivity index (χ2n) is 21.1. The van der Waals surface area contributed by atoms with Gasteiger partial charge >= 0.3 is 24.4 Å². The Morgan fingerprint density at radius 2 is 0.986 bits per heavy atom. The summed E-state index contributed by atoms with van der Waals surface area (Å²) in [6.45, 7) is 22.5. The van der Waals surface area contributed by atoms with Gasteiger partial charge in [-0.15, -0.1) is 20.2 Å². The minimum atomic E-state index is -0.880. The Morgan fingerprint density at radius 3 is 1.29 bits per heavy atom. The third kappa shape index (κ3) is 16.2. The van der Waals surface area contributed by atoms with Crippen LogP contribution >= 0.6 is 0 Å². The van der Waals surface area contributed by atoms with Crippen LogP contribution in [0.4, 0.5) is 28.0 Å². The molecule has 4 amide bonds. The average molecular weight is 975 g/mol. The fourth-order valence-corrected chi connectivity index (χ4v) is 7.14. The average Bonchev–Trinajstić information content (AvgIpc) is 3.62. The molecule has 70 heavy (non-hydrogen) atoms. The van der Waals surface area contributed by atoms with Crippen LogP contribution in [0, 0.1) is 11.6 Å². The number of hydrogen-bond donors (Lipinski definition) is 2.